The van der Waals surface area contributed by atoms with Crippen LogP contribution in [0.3, 0.4) is 0 Å². The molecule has 0 bridgehead atoms. The maximum absolute atomic E-state index is 4.13. The maximum Gasteiger partial charge on any atom is 0.156 e. The molecular weight excluding hydrogens is 359 g/mol. The minimum Gasteiger partial charge on any atom is -0.345 e. The van der Waals surface area contributed by atoms with Crippen molar-refractivity contribution >= 4 is 24.5 Å². The van der Waals surface area contributed by atoms with Crippen molar-refractivity contribution in [2.45, 2.75) is 18.1 Å². The lowest BCUT2D eigenvalue weighted by molar-refractivity contribution is 1.31. The van der Waals surface area contributed by atoms with Gasteiger partial charge in [0, 0.05) is 22.9 Å². The Morgan fingerprint density at radius 2 is 1.64 bits per heavy atom. The van der Waals surface area contributed by atoms with Gasteiger partial charge in [0.15, 0.2) is 7.28 Å². The fraction of sp³-hybridized carbons (Fsp3) is 0.125. The van der Waals surface area contributed by atoms with Gasteiger partial charge in [0.05, 0.1) is 0 Å². The van der Waals surface area contributed by atoms with Gasteiger partial charge >= 0.3 is 0 Å². The van der Waals surface area contributed by atoms with E-state index in [0.717, 1.165) is 23.5 Å². The third kappa shape index (κ3) is 6.47. The summed E-state index contributed by atoms with van der Waals surface area (Å²) in [6, 6.07) is 29.4. The standard InChI is InChI=1S/C15H16BS.C9H8N2/c1-2-17-15-10-6-9-14(11-15)16-12-13-7-4-3-5-8-13;1-2-4-8(5-3-1)9-10-6-7-11-9/h3-11H,2,12H2,1H3;1-7H,(H,10,11). The Labute approximate surface area is 172 Å². The van der Waals surface area contributed by atoms with Gasteiger partial charge < -0.3 is 4.98 Å². The van der Waals surface area contributed by atoms with E-state index < -0.39 is 0 Å². The molecule has 0 saturated carbocycles. The van der Waals surface area contributed by atoms with Gasteiger partial charge in [-0.3, -0.25) is 0 Å². The summed E-state index contributed by atoms with van der Waals surface area (Å²) in [4.78, 5) is 8.53. The molecule has 0 aliphatic rings. The number of H-pyrrole nitrogens is 1. The number of rotatable bonds is 6. The molecule has 1 N–H and O–H groups in total. The molecule has 1 aromatic heterocycles. The Balaban J connectivity index is 0.000000176. The Morgan fingerprint density at radius 3 is 2.32 bits per heavy atom. The van der Waals surface area contributed by atoms with Crippen molar-refractivity contribution in [3.05, 3.63) is 103 Å². The van der Waals surface area contributed by atoms with Crippen LogP contribution in [-0.4, -0.2) is 23.0 Å². The first-order valence-corrected chi connectivity index (χ1v) is 10.5. The lowest BCUT2D eigenvalue weighted by Crippen LogP contribution is -2.16. The summed E-state index contributed by atoms with van der Waals surface area (Å²) in [6.07, 6.45) is 4.58. The molecule has 1 heterocycles. The highest BCUT2D eigenvalue weighted by atomic mass is 32.2. The molecule has 0 fully saturated rings. The van der Waals surface area contributed by atoms with E-state index in [4.69, 9.17) is 0 Å². The molecule has 0 amide bonds. The summed E-state index contributed by atoms with van der Waals surface area (Å²) in [6.45, 7) is 2.19. The van der Waals surface area contributed by atoms with Crippen LogP contribution < -0.4 is 5.46 Å². The Hall–Kier alpha value is -2.72. The number of hydrogen-bond donors (Lipinski definition) is 1. The van der Waals surface area contributed by atoms with Gasteiger partial charge in [-0.25, -0.2) is 4.98 Å². The number of aromatic amines is 1. The van der Waals surface area contributed by atoms with Crippen molar-refractivity contribution in [2.75, 3.05) is 5.75 Å². The molecule has 3 aromatic carbocycles. The minimum atomic E-state index is 0.922. The Morgan fingerprint density at radius 1 is 0.893 bits per heavy atom. The highest BCUT2D eigenvalue weighted by Crippen LogP contribution is 2.15. The van der Waals surface area contributed by atoms with Crippen molar-refractivity contribution in [1.29, 1.82) is 0 Å². The summed E-state index contributed by atoms with van der Waals surface area (Å²) < 4.78 is 0. The topological polar surface area (TPSA) is 28.7 Å². The molecule has 139 valence electrons. The lowest BCUT2D eigenvalue weighted by atomic mass is 9.65. The van der Waals surface area contributed by atoms with Crippen LogP contribution in [0.15, 0.2) is 102 Å². The Kier molecular flexibility index (Phi) is 8.01. The van der Waals surface area contributed by atoms with Gasteiger partial charge in [-0.1, -0.05) is 96.8 Å². The normalized spacial score (nSPS) is 10.0. The molecule has 4 rings (SSSR count). The predicted octanol–water partition coefficient (Wildman–Crippen LogP) is 5.41. The number of hydrogen-bond acceptors (Lipinski definition) is 2. The summed E-state index contributed by atoms with van der Waals surface area (Å²) in [7, 11) is 2.29. The van der Waals surface area contributed by atoms with Crippen LogP contribution >= 0.6 is 11.8 Å². The number of nitrogens with one attached hydrogen (secondary N) is 1. The molecule has 28 heavy (non-hydrogen) atoms. The van der Waals surface area contributed by atoms with Crippen LogP contribution in [-0.2, 0) is 6.32 Å². The molecule has 4 aromatic rings. The average molecular weight is 383 g/mol. The van der Waals surface area contributed by atoms with Crippen molar-refractivity contribution in [1.82, 2.24) is 9.97 Å². The molecule has 0 aliphatic heterocycles. The molecule has 0 unspecified atom stereocenters. The SMILES string of the molecule is CCSc1cccc([B]Cc2ccccc2)c1.c1ccc(-c2ncc[nH]2)cc1. The van der Waals surface area contributed by atoms with Gasteiger partial charge in [-0.05, 0) is 18.1 Å². The van der Waals surface area contributed by atoms with Crippen LogP contribution in [0.4, 0.5) is 0 Å². The average Bonchev–Trinajstić information content (AvgIpc) is 3.30. The van der Waals surface area contributed by atoms with Gasteiger partial charge in [0.2, 0.25) is 0 Å². The van der Waals surface area contributed by atoms with Crippen molar-refractivity contribution in [3.8, 4) is 11.4 Å². The zero-order valence-corrected chi connectivity index (χ0v) is 16.9. The zero-order valence-electron chi connectivity index (χ0n) is 16.1. The maximum atomic E-state index is 4.13. The van der Waals surface area contributed by atoms with Crippen molar-refractivity contribution < 1.29 is 0 Å². The molecule has 0 saturated heterocycles. The Bertz CT molecular complexity index is 925. The van der Waals surface area contributed by atoms with E-state index in [2.05, 4.69) is 78.8 Å². The minimum absolute atomic E-state index is 0.922. The molecule has 1 radical (unpaired) electrons. The van der Waals surface area contributed by atoms with Crippen LogP contribution in [0.2, 0.25) is 0 Å². The molecule has 0 spiro atoms. The van der Waals surface area contributed by atoms with Crippen LogP contribution in [0.5, 0.6) is 0 Å². The summed E-state index contributed by atoms with van der Waals surface area (Å²) in [5, 5.41) is 0. The highest BCUT2D eigenvalue weighted by molar-refractivity contribution is 7.99. The van der Waals surface area contributed by atoms with E-state index in [0.29, 0.717) is 0 Å². The van der Waals surface area contributed by atoms with Crippen molar-refractivity contribution in [3.63, 3.8) is 0 Å². The van der Waals surface area contributed by atoms with Gasteiger partial charge in [0.1, 0.15) is 5.82 Å². The monoisotopic (exact) mass is 383 g/mol. The largest absolute Gasteiger partial charge is 0.345 e. The third-order valence-electron chi connectivity index (χ3n) is 4.13. The number of aromatic nitrogens is 2. The lowest BCUT2D eigenvalue weighted by Gasteiger charge is -2.03. The third-order valence-corrected chi connectivity index (χ3v) is 5.01. The second-order valence-electron chi connectivity index (χ2n) is 6.20. The van der Waals surface area contributed by atoms with Gasteiger partial charge in [-0.15, -0.1) is 11.8 Å². The number of imidazole rings is 1. The number of nitrogens with zero attached hydrogens (tertiary/aromatic N) is 1. The second-order valence-corrected chi connectivity index (χ2v) is 7.54. The fourth-order valence-corrected chi connectivity index (χ4v) is 3.49. The van der Waals surface area contributed by atoms with E-state index in [1.165, 1.54) is 15.9 Å². The van der Waals surface area contributed by atoms with Gasteiger partial charge in [0.25, 0.3) is 0 Å². The van der Waals surface area contributed by atoms with Crippen LogP contribution in [0.1, 0.15) is 12.5 Å². The highest BCUT2D eigenvalue weighted by Gasteiger charge is 1.99. The van der Waals surface area contributed by atoms with Crippen LogP contribution in [0, 0.1) is 0 Å². The molecule has 0 aliphatic carbocycles. The first kappa shape index (κ1) is 20.0. The van der Waals surface area contributed by atoms with E-state index in [-0.39, 0.29) is 0 Å². The second kappa shape index (κ2) is 11.2. The zero-order chi connectivity index (χ0) is 19.4. The summed E-state index contributed by atoms with van der Waals surface area (Å²) in [5.41, 5.74) is 3.80. The van der Waals surface area contributed by atoms with E-state index in [9.17, 15) is 0 Å². The predicted molar refractivity (Wildman–Crippen MR) is 122 cm³/mol. The number of benzene rings is 3. The first-order valence-electron chi connectivity index (χ1n) is 9.50. The van der Waals surface area contributed by atoms with Crippen LogP contribution in [0.25, 0.3) is 11.4 Å². The van der Waals surface area contributed by atoms with E-state index >= 15 is 0 Å². The fourth-order valence-electron chi connectivity index (χ4n) is 2.77. The summed E-state index contributed by atoms with van der Waals surface area (Å²) >= 11 is 1.89. The summed E-state index contributed by atoms with van der Waals surface area (Å²) in [5.74, 6) is 2.05. The quantitative estimate of drug-likeness (QED) is 0.357. The first-order chi connectivity index (χ1) is 13.8. The molecular formula is C24H24BN2S. The molecule has 0 atom stereocenters. The van der Waals surface area contributed by atoms with E-state index in [1.54, 1.807) is 6.20 Å². The van der Waals surface area contributed by atoms with Gasteiger partial charge in [-0.2, -0.15) is 0 Å². The van der Waals surface area contributed by atoms with E-state index in [1.807, 2.05) is 48.3 Å². The molecule has 4 heteroatoms. The molecule has 2 nitrogen and oxygen atoms in total. The number of thioether (sulfide) groups is 1. The smallest absolute Gasteiger partial charge is 0.156 e. The van der Waals surface area contributed by atoms with Crippen molar-refractivity contribution in [2.24, 2.45) is 0 Å².